The molecule has 0 saturated heterocycles. The molecule has 10 nitrogen and oxygen atoms in total. The number of ether oxygens (including phenoxy) is 1. The third-order valence-corrected chi connectivity index (χ3v) is 6.09. The summed E-state index contributed by atoms with van der Waals surface area (Å²) in [6.45, 7) is 1.09. The van der Waals surface area contributed by atoms with Crippen LogP contribution in [-0.2, 0) is 4.79 Å². The van der Waals surface area contributed by atoms with Crippen molar-refractivity contribution in [1.82, 2.24) is 9.66 Å². The molecule has 0 saturated carbocycles. The van der Waals surface area contributed by atoms with Crippen molar-refractivity contribution >= 4 is 66.3 Å². The van der Waals surface area contributed by atoms with E-state index in [0.717, 1.165) is 4.68 Å². The van der Waals surface area contributed by atoms with E-state index in [1.54, 1.807) is 25.1 Å². The SMILES string of the molecule is Cc1nc2ccc(Br)cc2c(=O)n1N=Cc1cc(Br)c(OCC(=O)Nc2ccc(F)cc2)c([N+](=O)[O-])c1. The molecular formula is C24H16Br2FN5O5. The van der Waals surface area contributed by atoms with Crippen LogP contribution in [0.5, 0.6) is 5.75 Å². The van der Waals surface area contributed by atoms with Gasteiger partial charge in [-0.05, 0) is 71.4 Å². The fraction of sp³-hybridized carbons (Fsp3) is 0.0833. The van der Waals surface area contributed by atoms with Crippen LogP contribution in [0.3, 0.4) is 0 Å². The second kappa shape index (κ2) is 11.0. The number of nitrogens with one attached hydrogen (secondary N) is 1. The van der Waals surface area contributed by atoms with Crippen LogP contribution in [0, 0.1) is 22.9 Å². The lowest BCUT2D eigenvalue weighted by molar-refractivity contribution is -0.385. The summed E-state index contributed by atoms with van der Waals surface area (Å²) < 4.78 is 20.4. The molecule has 37 heavy (non-hydrogen) atoms. The van der Waals surface area contributed by atoms with Gasteiger partial charge in [0.05, 0.1) is 26.5 Å². The predicted octanol–water partition coefficient (Wildman–Crippen LogP) is 5.18. The Morgan fingerprint density at radius 2 is 1.95 bits per heavy atom. The monoisotopic (exact) mass is 631 g/mol. The first-order chi connectivity index (χ1) is 17.6. The van der Waals surface area contributed by atoms with Gasteiger partial charge in [-0.15, -0.1) is 0 Å². The van der Waals surface area contributed by atoms with E-state index in [9.17, 15) is 24.1 Å². The number of hydrogen-bond donors (Lipinski definition) is 1. The lowest BCUT2D eigenvalue weighted by atomic mass is 10.2. The summed E-state index contributed by atoms with van der Waals surface area (Å²) in [5, 5.41) is 18.7. The number of fused-ring (bicyclic) bond motifs is 1. The van der Waals surface area contributed by atoms with Crippen LogP contribution in [0.1, 0.15) is 11.4 Å². The molecule has 4 rings (SSSR count). The minimum Gasteiger partial charge on any atom is -0.476 e. The maximum atomic E-state index is 13.0. The van der Waals surface area contributed by atoms with E-state index in [0.29, 0.717) is 32.5 Å². The zero-order valence-electron chi connectivity index (χ0n) is 18.9. The van der Waals surface area contributed by atoms with Gasteiger partial charge in [-0.2, -0.15) is 9.78 Å². The summed E-state index contributed by atoms with van der Waals surface area (Å²) >= 11 is 6.56. The van der Waals surface area contributed by atoms with E-state index in [1.165, 1.54) is 42.6 Å². The Morgan fingerprint density at radius 3 is 2.65 bits per heavy atom. The number of hydrogen-bond acceptors (Lipinski definition) is 7. The Hall–Kier alpha value is -3.97. The van der Waals surface area contributed by atoms with Gasteiger partial charge in [0.1, 0.15) is 11.6 Å². The number of carbonyl (C=O) groups excluding carboxylic acids is 1. The van der Waals surface area contributed by atoms with E-state index in [4.69, 9.17) is 4.74 Å². The summed E-state index contributed by atoms with van der Waals surface area (Å²) in [5.74, 6) is -0.884. The number of carbonyl (C=O) groups is 1. The summed E-state index contributed by atoms with van der Waals surface area (Å²) in [7, 11) is 0. The molecular weight excluding hydrogens is 617 g/mol. The molecule has 0 unspecified atom stereocenters. The lowest BCUT2D eigenvalue weighted by Gasteiger charge is -2.10. The Morgan fingerprint density at radius 1 is 1.22 bits per heavy atom. The fourth-order valence-electron chi connectivity index (χ4n) is 3.34. The van der Waals surface area contributed by atoms with Gasteiger partial charge >= 0.3 is 5.69 Å². The van der Waals surface area contributed by atoms with Gasteiger partial charge in [0, 0.05) is 21.8 Å². The number of halogens is 3. The van der Waals surface area contributed by atoms with E-state index in [1.807, 2.05) is 0 Å². The fourth-order valence-corrected chi connectivity index (χ4v) is 4.28. The van der Waals surface area contributed by atoms with E-state index in [-0.39, 0.29) is 10.2 Å². The smallest absolute Gasteiger partial charge is 0.312 e. The number of anilines is 1. The number of amides is 1. The number of nitro benzene ring substituents is 1. The quantitative estimate of drug-likeness (QED) is 0.170. The molecule has 0 fully saturated rings. The standard InChI is InChI=1S/C24H16Br2FN5O5/c1-13-29-20-7-2-15(25)10-18(20)24(34)31(13)28-11-14-8-19(26)23(21(9-14)32(35)36)37-12-22(33)30-17-5-3-16(27)4-6-17/h2-11H,12H2,1H3,(H,30,33). The molecule has 0 bridgehead atoms. The van der Waals surface area contributed by atoms with Crippen molar-refractivity contribution in [2.45, 2.75) is 6.92 Å². The summed E-state index contributed by atoms with van der Waals surface area (Å²) in [4.78, 5) is 40.5. The minimum atomic E-state index is -0.665. The molecule has 0 aliphatic carbocycles. The number of aromatic nitrogens is 2. The molecule has 1 heterocycles. The maximum absolute atomic E-state index is 13.0. The first-order valence-corrected chi connectivity index (χ1v) is 12.1. The Kier molecular flexibility index (Phi) is 7.74. The summed E-state index contributed by atoms with van der Waals surface area (Å²) in [5.41, 5.74) is 0.329. The Bertz CT molecular complexity index is 1620. The second-order valence-corrected chi connectivity index (χ2v) is 9.40. The normalized spacial score (nSPS) is 11.1. The maximum Gasteiger partial charge on any atom is 0.312 e. The van der Waals surface area contributed by atoms with E-state index < -0.39 is 34.5 Å². The van der Waals surface area contributed by atoms with Crippen molar-refractivity contribution in [2.75, 3.05) is 11.9 Å². The molecule has 0 atom stereocenters. The van der Waals surface area contributed by atoms with Gasteiger partial charge in [-0.3, -0.25) is 19.7 Å². The third-order valence-electron chi connectivity index (χ3n) is 5.01. The van der Waals surface area contributed by atoms with E-state index >= 15 is 0 Å². The molecule has 4 aromatic rings. The lowest BCUT2D eigenvalue weighted by Crippen LogP contribution is -2.21. The topological polar surface area (TPSA) is 129 Å². The van der Waals surface area contributed by atoms with Gasteiger partial charge in [-0.25, -0.2) is 9.37 Å². The first kappa shape index (κ1) is 26.1. The molecule has 13 heteroatoms. The molecule has 0 aliphatic rings. The third kappa shape index (κ3) is 6.06. The van der Waals surface area contributed by atoms with Gasteiger partial charge in [0.15, 0.2) is 6.61 Å². The van der Waals surface area contributed by atoms with Gasteiger partial charge < -0.3 is 10.1 Å². The molecule has 0 aliphatic heterocycles. The highest BCUT2D eigenvalue weighted by Gasteiger charge is 2.21. The van der Waals surface area contributed by atoms with Crippen LogP contribution in [0.2, 0.25) is 0 Å². The second-order valence-electron chi connectivity index (χ2n) is 7.63. The number of benzene rings is 3. The number of nitro groups is 1. The minimum absolute atomic E-state index is 0.165. The highest BCUT2D eigenvalue weighted by Crippen LogP contribution is 2.36. The van der Waals surface area contributed by atoms with E-state index in [2.05, 4.69) is 47.3 Å². The van der Waals surface area contributed by atoms with Crippen LogP contribution < -0.4 is 15.6 Å². The van der Waals surface area contributed by atoms with Crippen LogP contribution >= 0.6 is 31.9 Å². The highest BCUT2D eigenvalue weighted by molar-refractivity contribution is 9.10. The Balaban J connectivity index is 1.58. The zero-order valence-corrected chi connectivity index (χ0v) is 22.1. The van der Waals surface area contributed by atoms with Gasteiger partial charge in [-0.1, -0.05) is 15.9 Å². The van der Waals surface area contributed by atoms with Crippen LogP contribution in [0.15, 0.2) is 73.4 Å². The average Bonchev–Trinajstić information content (AvgIpc) is 2.85. The summed E-state index contributed by atoms with van der Waals surface area (Å²) in [6.07, 6.45) is 1.28. The molecule has 0 radical (unpaired) electrons. The molecule has 1 amide bonds. The Labute approximate surface area is 225 Å². The van der Waals surface area contributed by atoms with Crippen molar-refractivity contribution in [3.05, 3.63) is 101 Å². The van der Waals surface area contributed by atoms with Crippen molar-refractivity contribution < 1.29 is 18.8 Å². The van der Waals surface area contributed by atoms with Crippen LogP contribution in [-0.4, -0.2) is 33.3 Å². The largest absolute Gasteiger partial charge is 0.476 e. The first-order valence-electron chi connectivity index (χ1n) is 10.5. The molecule has 1 N–H and O–H groups in total. The molecule has 0 spiro atoms. The van der Waals surface area contributed by atoms with Crippen LogP contribution in [0.4, 0.5) is 15.8 Å². The van der Waals surface area contributed by atoms with Gasteiger partial charge in [0.25, 0.3) is 11.5 Å². The molecule has 1 aromatic heterocycles. The molecule has 188 valence electrons. The zero-order chi connectivity index (χ0) is 26.7. The predicted molar refractivity (Wildman–Crippen MR) is 143 cm³/mol. The van der Waals surface area contributed by atoms with Crippen molar-refractivity contribution in [3.63, 3.8) is 0 Å². The summed E-state index contributed by atoms with van der Waals surface area (Å²) in [6, 6.07) is 12.9. The number of aryl methyl sites for hydroxylation is 1. The van der Waals surface area contributed by atoms with Gasteiger partial charge in [0.2, 0.25) is 5.75 Å². The highest BCUT2D eigenvalue weighted by atomic mass is 79.9. The van der Waals surface area contributed by atoms with Crippen LogP contribution in [0.25, 0.3) is 10.9 Å². The number of rotatable bonds is 7. The average molecular weight is 633 g/mol. The van der Waals surface area contributed by atoms with Crippen molar-refractivity contribution in [1.29, 1.82) is 0 Å². The number of nitrogens with zero attached hydrogens (tertiary/aromatic N) is 4. The van der Waals surface area contributed by atoms with Crippen molar-refractivity contribution in [2.24, 2.45) is 5.10 Å². The van der Waals surface area contributed by atoms with Crippen molar-refractivity contribution in [3.8, 4) is 5.75 Å². The molecule has 3 aromatic carbocycles.